The fourth-order valence-electron chi connectivity index (χ4n) is 4.23. The molecule has 0 atom stereocenters. The minimum atomic E-state index is -0.234. The predicted molar refractivity (Wildman–Crippen MR) is 126 cm³/mol. The zero-order chi connectivity index (χ0) is 23.1. The number of nitrogens with one attached hydrogen (secondary N) is 1. The van der Waals surface area contributed by atoms with Crippen LogP contribution in [0.2, 0.25) is 0 Å². The van der Waals surface area contributed by atoms with Crippen LogP contribution in [0.15, 0.2) is 36.4 Å². The van der Waals surface area contributed by atoms with Crippen LogP contribution < -0.4 is 5.32 Å². The highest BCUT2D eigenvalue weighted by molar-refractivity contribution is 5.92. The van der Waals surface area contributed by atoms with E-state index < -0.39 is 0 Å². The lowest BCUT2D eigenvalue weighted by Crippen LogP contribution is -2.54. The molecule has 1 N–H and O–H groups in total. The summed E-state index contributed by atoms with van der Waals surface area (Å²) in [5.41, 5.74) is 0.767. The number of carbonyl (C=O) groups excluding carboxylic acids is 3. The number of piperazine rings is 1. The Bertz CT molecular complexity index is 815. The van der Waals surface area contributed by atoms with Crippen molar-refractivity contribution in [2.24, 2.45) is 5.92 Å². The summed E-state index contributed by atoms with van der Waals surface area (Å²) in [7, 11) is 0. The molecular weight excluding hydrogens is 404 g/mol. The van der Waals surface area contributed by atoms with Crippen molar-refractivity contribution in [3.05, 3.63) is 42.0 Å². The summed E-state index contributed by atoms with van der Waals surface area (Å²) in [6, 6.07) is 9.77. The van der Waals surface area contributed by atoms with E-state index >= 15 is 0 Å². The molecule has 3 rings (SSSR count). The average Bonchev–Trinajstić information content (AvgIpc) is 2.77. The zero-order valence-corrected chi connectivity index (χ0v) is 19.5. The Balaban J connectivity index is 1.40. The molecule has 0 radical (unpaired) electrons. The molecule has 0 bridgehead atoms. The van der Waals surface area contributed by atoms with Crippen molar-refractivity contribution in [1.82, 2.24) is 20.0 Å². The first-order valence-corrected chi connectivity index (χ1v) is 11.6. The van der Waals surface area contributed by atoms with Gasteiger partial charge in [0.25, 0.3) is 0 Å². The van der Waals surface area contributed by atoms with E-state index in [0.29, 0.717) is 58.7 Å². The van der Waals surface area contributed by atoms with Gasteiger partial charge in [-0.3, -0.25) is 19.3 Å². The van der Waals surface area contributed by atoms with Gasteiger partial charge in [0.05, 0.1) is 6.54 Å². The molecule has 32 heavy (non-hydrogen) atoms. The summed E-state index contributed by atoms with van der Waals surface area (Å²) in [4.78, 5) is 43.4. The first-order valence-electron chi connectivity index (χ1n) is 11.6. The third-order valence-corrected chi connectivity index (χ3v) is 5.94. The lowest BCUT2D eigenvalue weighted by atomic mass is 9.95. The quantitative estimate of drug-likeness (QED) is 0.711. The van der Waals surface area contributed by atoms with Crippen molar-refractivity contribution < 1.29 is 14.4 Å². The Kier molecular flexibility index (Phi) is 8.07. The van der Waals surface area contributed by atoms with Crippen molar-refractivity contribution >= 4 is 23.8 Å². The Morgan fingerprint density at radius 3 is 2.16 bits per heavy atom. The van der Waals surface area contributed by atoms with Crippen molar-refractivity contribution in [2.75, 3.05) is 45.8 Å². The normalized spacial score (nSPS) is 18.7. The minimum absolute atomic E-state index is 0.00176. The van der Waals surface area contributed by atoms with Gasteiger partial charge in [-0.15, -0.1) is 0 Å². The molecule has 1 aromatic rings. The lowest BCUT2D eigenvalue weighted by Gasteiger charge is -2.38. The molecule has 2 aliphatic rings. The van der Waals surface area contributed by atoms with E-state index in [4.69, 9.17) is 0 Å². The van der Waals surface area contributed by atoms with Gasteiger partial charge in [0.1, 0.15) is 0 Å². The summed E-state index contributed by atoms with van der Waals surface area (Å²) in [6.45, 7) is 10.2. The van der Waals surface area contributed by atoms with E-state index in [1.165, 1.54) is 0 Å². The number of rotatable bonds is 5. The molecule has 2 saturated heterocycles. The van der Waals surface area contributed by atoms with Crippen molar-refractivity contribution in [1.29, 1.82) is 0 Å². The Morgan fingerprint density at radius 2 is 1.56 bits per heavy atom. The Morgan fingerprint density at radius 1 is 0.938 bits per heavy atom. The number of hydrogen-bond donors (Lipinski definition) is 1. The number of benzene rings is 1. The van der Waals surface area contributed by atoms with E-state index in [1.807, 2.05) is 67.0 Å². The number of likely N-dealkylation sites (tertiary alicyclic amines) is 1. The van der Waals surface area contributed by atoms with E-state index in [2.05, 4.69) is 10.2 Å². The van der Waals surface area contributed by atoms with Crippen molar-refractivity contribution in [2.45, 2.75) is 39.2 Å². The molecule has 174 valence electrons. The third-order valence-electron chi connectivity index (χ3n) is 5.94. The highest BCUT2D eigenvalue weighted by Crippen LogP contribution is 2.21. The lowest BCUT2D eigenvalue weighted by molar-refractivity contribution is -0.141. The third kappa shape index (κ3) is 7.19. The van der Waals surface area contributed by atoms with E-state index in [9.17, 15) is 14.4 Å². The second kappa shape index (κ2) is 10.8. The first-order chi connectivity index (χ1) is 15.2. The number of carbonyl (C=O) groups is 3. The Hall–Kier alpha value is -2.67. The van der Waals surface area contributed by atoms with Crippen molar-refractivity contribution in [3.63, 3.8) is 0 Å². The van der Waals surface area contributed by atoms with Gasteiger partial charge in [-0.1, -0.05) is 30.3 Å². The fraction of sp³-hybridized carbons (Fsp3) is 0.560. The molecule has 0 saturated carbocycles. The van der Waals surface area contributed by atoms with Crippen LogP contribution >= 0.6 is 0 Å². The van der Waals surface area contributed by atoms with Crippen LogP contribution in [-0.4, -0.2) is 83.8 Å². The second-order valence-corrected chi connectivity index (χ2v) is 9.74. The first kappa shape index (κ1) is 24.0. The molecule has 3 amide bonds. The molecule has 7 heteroatoms. The molecule has 0 spiro atoms. The standard InChI is InChI=1S/C25H36N4O3/c1-25(2,3)26-22(30)19-27-15-17-29(18-16-27)24(32)21-11-13-28(14-12-21)23(31)10-9-20-7-5-4-6-8-20/h4-10,21H,11-19H2,1-3H3,(H,26,30)/b10-9+. The van der Waals surface area contributed by atoms with Crippen LogP contribution in [0.5, 0.6) is 0 Å². The van der Waals surface area contributed by atoms with Gasteiger partial charge in [0.2, 0.25) is 17.7 Å². The topological polar surface area (TPSA) is 73.0 Å². The maximum absolute atomic E-state index is 13.0. The smallest absolute Gasteiger partial charge is 0.246 e. The van der Waals surface area contributed by atoms with Gasteiger partial charge >= 0.3 is 0 Å². The average molecular weight is 441 g/mol. The number of piperidine rings is 1. The van der Waals surface area contributed by atoms with Crippen LogP contribution in [0.4, 0.5) is 0 Å². The van der Waals surface area contributed by atoms with Gasteiger partial charge in [-0.05, 0) is 45.3 Å². The van der Waals surface area contributed by atoms with Crippen LogP contribution in [0, 0.1) is 5.92 Å². The second-order valence-electron chi connectivity index (χ2n) is 9.74. The number of hydrogen-bond acceptors (Lipinski definition) is 4. The maximum atomic E-state index is 13.0. The predicted octanol–water partition coefficient (Wildman–Crippen LogP) is 2.00. The maximum Gasteiger partial charge on any atom is 0.246 e. The summed E-state index contributed by atoms with van der Waals surface area (Å²) in [5, 5.41) is 2.99. The van der Waals surface area contributed by atoms with Crippen LogP contribution in [0.3, 0.4) is 0 Å². The fourth-order valence-corrected chi connectivity index (χ4v) is 4.23. The van der Waals surface area contributed by atoms with Gasteiger partial charge in [-0.25, -0.2) is 0 Å². The van der Waals surface area contributed by atoms with E-state index in [-0.39, 0.29) is 29.2 Å². The molecule has 1 aromatic carbocycles. The van der Waals surface area contributed by atoms with Crippen molar-refractivity contribution in [3.8, 4) is 0 Å². The summed E-state index contributed by atoms with van der Waals surface area (Å²) >= 11 is 0. The highest BCUT2D eigenvalue weighted by Gasteiger charge is 2.31. The number of amides is 3. The zero-order valence-electron chi connectivity index (χ0n) is 19.5. The molecule has 0 unspecified atom stereocenters. The summed E-state index contributed by atoms with van der Waals surface area (Å²) < 4.78 is 0. The molecule has 2 heterocycles. The highest BCUT2D eigenvalue weighted by atomic mass is 16.2. The van der Waals surface area contributed by atoms with E-state index in [1.54, 1.807) is 6.08 Å². The monoisotopic (exact) mass is 440 g/mol. The molecular formula is C25H36N4O3. The van der Waals surface area contributed by atoms with Gasteiger partial charge in [0, 0.05) is 56.8 Å². The van der Waals surface area contributed by atoms with Gasteiger partial charge in [0.15, 0.2) is 0 Å². The summed E-state index contributed by atoms with van der Waals surface area (Å²) in [6.07, 6.45) is 4.86. The largest absolute Gasteiger partial charge is 0.350 e. The van der Waals surface area contributed by atoms with Gasteiger partial charge < -0.3 is 15.1 Å². The molecule has 0 aliphatic carbocycles. The summed E-state index contributed by atoms with van der Waals surface area (Å²) in [5.74, 6) is 0.196. The SMILES string of the molecule is CC(C)(C)NC(=O)CN1CCN(C(=O)C2CCN(C(=O)/C=C/c3ccccc3)CC2)CC1. The van der Waals surface area contributed by atoms with Crippen LogP contribution in [-0.2, 0) is 14.4 Å². The molecule has 2 aliphatic heterocycles. The van der Waals surface area contributed by atoms with Crippen LogP contribution in [0.1, 0.15) is 39.2 Å². The Labute approximate surface area is 191 Å². The van der Waals surface area contributed by atoms with Gasteiger partial charge in [-0.2, -0.15) is 0 Å². The number of nitrogens with zero attached hydrogens (tertiary/aromatic N) is 3. The molecule has 0 aromatic heterocycles. The minimum Gasteiger partial charge on any atom is -0.350 e. The van der Waals surface area contributed by atoms with E-state index in [0.717, 1.165) is 5.56 Å². The molecule has 7 nitrogen and oxygen atoms in total. The van der Waals surface area contributed by atoms with Crippen LogP contribution in [0.25, 0.3) is 6.08 Å². The molecule has 2 fully saturated rings.